The molecule has 0 aliphatic carbocycles. The molecule has 0 aromatic heterocycles. The maximum atomic E-state index is 13.1. The second-order valence-electron chi connectivity index (χ2n) is 8.94. The van der Waals surface area contributed by atoms with E-state index in [0.717, 1.165) is 30.5 Å². The van der Waals surface area contributed by atoms with Crippen molar-refractivity contribution in [2.75, 3.05) is 37.6 Å². The van der Waals surface area contributed by atoms with Crippen LogP contribution in [0.25, 0.3) is 0 Å². The fourth-order valence-electron chi connectivity index (χ4n) is 4.83. The van der Waals surface area contributed by atoms with Gasteiger partial charge in [-0.05, 0) is 37.0 Å². The standard InChI is InChI=1S/C24H30Cl2N4O4/c1-2-4-19(31)29-10-3-5-18(29)22(32)28-13-11-27(12-14-28)17-8-6-16(7-9-17)15-30-23(33)20(25)21(26)24(30)34/h6-9,18,23,33H,2-5,10-15H2,1H3/t18-,23?/m0/s1. The first-order valence-corrected chi connectivity index (χ1v) is 12.5. The van der Waals surface area contributed by atoms with Gasteiger partial charge in [-0.3, -0.25) is 14.4 Å². The molecule has 2 fully saturated rings. The first-order chi connectivity index (χ1) is 16.3. The molecule has 4 rings (SSSR count). The SMILES string of the molecule is CCCC(=O)N1CCC[C@H]1C(=O)N1CCN(c2ccc(CN3C(=O)C(Cl)=C(Cl)C3O)cc2)CC1. The van der Waals surface area contributed by atoms with Crippen molar-refractivity contribution in [3.8, 4) is 0 Å². The highest BCUT2D eigenvalue weighted by atomic mass is 35.5. The van der Waals surface area contributed by atoms with E-state index in [9.17, 15) is 19.5 Å². The summed E-state index contributed by atoms with van der Waals surface area (Å²) in [5.41, 5.74) is 1.87. The van der Waals surface area contributed by atoms with Crippen molar-refractivity contribution >= 4 is 46.6 Å². The van der Waals surface area contributed by atoms with Crippen molar-refractivity contribution in [1.82, 2.24) is 14.7 Å². The third-order valence-electron chi connectivity index (χ3n) is 6.75. The predicted molar refractivity (Wildman–Crippen MR) is 130 cm³/mol. The van der Waals surface area contributed by atoms with Gasteiger partial charge in [0.05, 0.1) is 5.03 Å². The fourth-order valence-corrected chi connectivity index (χ4v) is 5.24. The lowest BCUT2D eigenvalue weighted by molar-refractivity contribution is -0.144. The lowest BCUT2D eigenvalue weighted by Gasteiger charge is -2.38. The van der Waals surface area contributed by atoms with Crippen molar-refractivity contribution < 1.29 is 19.5 Å². The van der Waals surface area contributed by atoms with Crippen LogP contribution in [0.2, 0.25) is 0 Å². The molecular weight excluding hydrogens is 479 g/mol. The van der Waals surface area contributed by atoms with Crippen molar-refractivity contribution in [3.05, 3.63) is 39.9 Å². The third kappa shape index (κ3) is 4.90. The van der Waals surface area contributed by atoms with E-state index >= 15 is 0 Å². The van der Waals surface area contributed by atoms with Gasteiger partial charge in [-0.25, -0.2) is 0 Å². The predicted octanol–water partition coefficient (Wildman–Crippen LogP) is 2.48. The average molecular weight is 509 g/mol. The molecule has 3 aliphatic heterocycles. The van der Waals surface area contributed by atoms with Crippen LogP contribution in [0, 0.1) is 0 Å². The quantitative estimate of drug-likeness (QED) is 0.637. The molecule has 3 aliphatic rings. The maximum absolute atomic E-state index is 13.1. The monoisotopic (exact) mass is 508 g/mol. The lowest BCUT2D eigenvalue weighted by atomic mass is 10.1. The molecule has 0 saturated carbocycles. The van der Waals surface area contributed by atoms with E-state index in [-0.39, 0.29) is 34.5 Å². The molecule has 0 bridgehead atoms. The zero-order valence-electron chi connectivity index (χ0n) is 19.3. The molecule has 1 N–H and O–H groups in total. The second-order valence-corrected chi connectivity index (χ2v) is 9.73. The first kappa shape index (κ1) is 24.8. The minimum Gasteiger partial charge on any atom is -0.368 e. The highest BCUT2D eigenvalue weighted by Crippen LogP contribution is 2.31. The topological polar surface area (TPSA) is 84.4 Å². The van der Waals surface area contributed by atoms with Crippen LogP contribution in [0.3, 0.4) is 0 Å². The highest BCUT2D eigenvalue weighted by molar-refractivity contribution is 6.49. The number of piperazine rings is 1. The highest BCUT2D eigenvalue weighted by Gasteiger charge is 2.38. The largest absolute Gasteiger partial charge is 0.368 e. The van der Waals surface area contributed by atoms with Crippen molar-refractivity contribution in [3.63, 3.8) is 0 Å². The molecule has 184 valence electrons. The molecule has 1 aromatic carbocycles. The van der Waals surface area contributed by atoms with Gasteiger partial charge in [0.1, 0.15) is 11.1 Å². The smallest absolute Gasteiger partial charge is 0.269 e. The van der Waals surface area contributed by atoms with Gasteiger partial charge in [-0.1, -0.05) is 42.3 Å². The molecule has 2 atom stereocenters. The van der Waals surface area contributed by atoms with Crippen LogP contribution in [-0.4, -0.2) is 82.5 Å². The zero-order valence-corrected chi connectivity index (χ0v) is 20.8. The van der Waals surface area contributed by atoms with Crippen LogP contribution >= 0.6 is 23.2 Å². The molecule has 2 saturated heterocycles. The van der Waals surface area contributed by atoms with Crippen LogP contribution in [0.1, 0.15) is 38.2 Å². The third-order valence-corrected chi connectivity index (χ3v) is 7.59. The van der Waals surface area contributed by atoms with Gasteiger partial charge in [0.2, 0.25) is 11.8 Å². The number of anilines is 1. The van der Waals surface area contributed by atoms with Gasteiger partial charge in [0.25, 0.3) is 5.91 Å². The summed E-state index contributed by atoms with van der Waals surface area (Å²) in [5.74, 6) is -0.335. The van der Waals surface area contributed by atoms with E-state index in [4.69, 9.17) is 23.2 Å². The Morgan fingerprint density at radius 1 is 1.06 bits per heavy atom. The number of nitrogens with zero attached hydrogens (tertiary/aromatic N) is 4. The van der Waals surface area contributed by atoms with Crippen LogP contribution < -0.4 is 4.90 Å². The number of aliphatic hydroxyl groups is 1. The first-order valence-electron chi connectivity index (χ1n) is 11.8. The molecular formula is C24H30Cl2N4O4. The summed E-state index contributed by atoms with van der Waals surface area (Å²) in [6.07, 6.45) is 1.69. The Labute approximate surface area is 209 Å². The number of hydrogen-bond donors (Lipinski definition) is 1. The molecule has 3 heterocycles. The van der Waals surface area contributed by atoms with Gasteiger partial charge in [-0.15, -0.1) is 0 Å². The molecule has 1 aromatic rings. The van der Waals surface area contributed by atoms with Gasteiger partial charge in [-0.2, -0.15) is 0 Å². The Hall–Kier alpha value is -2.29. The van der Waals surface area contributed by atoms with Crippen LogP contribution in [0.4, 0.5) is 5.69 Å². The second kappa shape index (κ2) is 10.5. The Bertz CT molecular complexity index is 976. The van der Waals surface area contributed by atoms with Gasteiger partial charge in [0, 0.05) is 51.4 Å². The van der Waals surface area contributed by atoms with Gasteiger partial charge < -0.3 is 24.7 Å². The number of amides is 3. The number of carbonyl (C=O) groups excluding carboxylic acids is 3. The normalized spacial score (nSPS) is 23.4. The minimum atomic E-state index is -1.22. The number of rotatable bonds is 6. The van der Waals surface area contributed by atoms with Crippen molar-refractivity contribution in [1.29, 1.82) is 0 Å². The summed E-state index contributed by atoms with van der Waals surface area (Å²) in [4.78, 5) is 44.7. The van der Waals surface area contributed by atoms with Crippen LogP contribution in [-0.2, 0) is 20.9 Å². The Balaban J connectivity index is 1.31. The molecule has 1 unspecified atom stereocenters. The van der Waals surface area contributed by atoms with E-state index in [0.29, 0.717) is 39.1 Å². The van der Waals surface area contributed by atoms with E-state index in [1.165, 1.54) is 4.90 Å². The van der Waals surface area contributed by atoms with Crippen LogP contribution in [0.5, 0.6) is 0 Å². The number of carbonyl (C=O) groups is 3. The summed E-state index contributed by atoms with van der Waals surface area (Å²) in [5, 5.41) is 9.91. The van der Waals surface area contributed by atoms with Gasteiger partial charge in [0.15, 0.2) is 6.23 Å². The van der Waals surface area contributed by atoms with Crippen molar-refractivity contribution in [2.45, 2.75) is 51.4 Å². The fraction of sp³-hybridized carbons (Fsp3) is 0.542. The lowest BCUT2D eigenvalue weighted by Crippen LogP contribution is -2.54. The molecule has 34 heavy (non-hydrogen) atoms. The molecule has 3 amide bonds. The van der Waals surface area contributed by atoms with Crippen molar-refractivity contribution in [2.24, 2.45) is 0 Å². The van der Waals surface area contributed by atoms with E-state index in [1.807, 2.05) is 36.1 Å². The zero-order chi connectivity index (χ0) is 24.4. The number of hydrogen-bond acceptors (Lipinski definition) is 5. The van der Waals surface area contributed by atoms with Crippen LogP contribution in [0.15, 0.2) is 34.3 Å². The van der Waals surface area contributed by atoms with E-state index < -0.39 is 12.1 Å². The molecule has 8 nitrogen and oxygen atoms in total. The average Bonchev–Trinajstić information content (AvgIpc) is 3.41. The number of benzene rings is 1. The summed E-state index contributed by atoms with van der Waals surface area (Å²) < 4.78 is 0. The number of likely N-dealkylation sites (tertiary alicyclic amines) is 1. The Morgan fingerprint density at radius 2 is 1.74 bits per heavy atom. The molecule has 0 spiro atoms. The molecule has 0 radical (unpaired) electrons. The number of halogens is 2. The Morgan fingerprint density at radius 3 is 2.32 bits per heavy atom. The summed E-state index contributed by atoms with van der Waals surface area (Å²) >= 11 is 11.7. The maximum Gasteiger partial charge on any atom is 0.269 e. The van der Waals surface area contributed by atoms with E-state index in [2.05, 4.69) is 4.90 Å². The Kier molecular flexibility index (Phi) is 7.70. The molecule has 10 heteroatoms. The van der Waals surface area contributed by atoms with E-state index in [1.54, 1.807) is 4.90 Å². The number of aliphatic hydroxyl groups excluding tert-OH is 1. The minimum absolute atomic E-state index is 0.0499. The summed E-state index contributed by atoms with van der Waals surface area (Å²) in [6, 6.07) is 7.44. The summed E-state index contributed by atoms with van der Waals surface area (Å²) in [6.45, 7) is 5.50. The van der Waals surface area contributed by atoms with Gasteiger partial charge >= 0.3 is 0 Å². The summed E-state index contributed by atoms with van der Waals surface area (Å²) in [7, 11) is 0.